The number of sulfone groups is 1. The highest BCUT2D eigenvalue weighted by Gasteiger charge is 2.28. The van der Waals surface area contributed by atoms with E-state index in [9.17, 15) is 26.0 Å². The van der Waals surface area contributed by atoms with Gasteiger partial charge in [0.1, 0.15) is 12.4 Å². The van der Waals surface area contributed by atoms with Gasteiger partial charge in [-0.2, -0.15) is 0 Å². The van der Waals surface area contributed by atoms with Gasteiger partial charge in [-0.3, -0.25) is 9.10 Å². The van der Waals surface area contributed by atoms with Gasteiger partial charge in [0, 0.05) is 6.26 Å². The Morgan fingerprint density at radius 3 is 1.97 bits per heavy atom. The first-order valence-electron chi connectivity index (χ1n) is 10.4. The smallest absolute Gasteiger partial charge is 0.264 e. The summed E-state index contributed by atoms with van der Waals surface area (Å²) in [4.78, 5) is 13.0. The number of carbonyl (C=O) groups is 1. The first-order chi connectivity index (χ1) is 16.0. The van der Waals surface area contributed by atoms with Crippen molar-refractivity contribution >= 4 is 31.5 Å². The molecule has 1 amide bonds. The molecule has 7 nitrogen and oxygen atoms in total. The standard InChI is InChI=1S/C24H25FN2O5S2/c1-3-23(18-9-13-21(14-10-18)33(2,29)30)26-24(28)17-27(20-7-5-4-6-8-20)34(31,32)22-15-11-19(25)12-16-22/h4-16,23H,3,17H2,1-2H3,(H,26,28). The van der Waals surface area contributed by atoms with Gasteiger partial charge in [-0.1, -0.05) is 37.3 Å². The number of anilines is 1. The number of halogens is 1. The van der Waals surface area contributed by atoms with E-state index in [0.29, 0.717) is 12.0 Å². The van der Waals surface area contributed by atoms with E-state index in [0.717, 1.165) is 34.8 Å². The van der Waals surface area contributed by atoms with Crippen molar-refractivity contribution in [3.63, 3.8) is 0 Å². The van der Waals surface area contributed by atoms with E-state index in [1.807, 2.05) is 6.92 Å². The monoisotopic (exact) mass is 504 g/mol. The average Bonchev–Trinajstić information content (AvgIpc) is 2.81. The summed E-state index contributed by atoms with van der Waals surface area (Å²) >= 11 is 0. The van der Waals surface area contributed by atoms with Crippen molar-refractivity contribution in [2.24, 2.45) is 0 Å². The molecule has 3 rings (SSSR count). The summed E-state index contributed by atoms with van der Waals surface area (Å²) in [6.07, 6.45) is 1.61. The molecule has 0 spiro atoms. The zero-order valence-electron chi connectivity index (χ0n) is 18.7. The van der Waals surface area contributed by atoms with E-state index in [4.69, 9.17) is 0 Å². The number of sulfonamides is 1. The number of benzene rings is 3. The van der Waals surface area contributed by atoms with Crippen molar-refractivity contribution in [3.8, 4) is 0 Å². The van der Waals surface area contributed by atoms with Crippen LogP contribution in [0, 0.1) is 5.82 Å². The number of hydrogen-bond acceptors (Lipinski definition) is 5. The van der Waals surface area contributed by atoms with Gasteiger partial charge < -0.3 is 5.32 Å². The Morgan fingerprint density at radius 1 is 0.882 bits per heavy atom. The third-order valence-corrected chi connectivity index (χ3v) is 8.10. The van der Waals surface area contributed by atoms with Crippen LogP contribution in [0.25, 0.3) is 0 Å². The summed E-state index contributed by atoms with van der Waals surface area (Å²) in [5.41, 5.74) is 0.975. The minimum Gasteiger partial charge on any atom is -0.348 e. The Labute approximate surface area is 199 Å². The molecule has 0 saturated carbocycles. The highest BCUT2D eigenvalue weighted by atomic mass is 32.2. The summed E-state index contributed by atoms with van der Waals surface area (Å²) in [5.74, 6) is -1.12. The summed E-state index contributed by atoms with van der Waals surface area (Å²) in [7, 11) is -7.51. The van der Waals surface area contributed by atoms with Crippen LogP contribution >= 0.6 is 0 Å². The second-order valence-electron chi connectivity index (χ2n) is 7.67. The molecule has 3 aromatic rings. The molecule has 0 heterocycles. The highest BCUT2D eigenvalue weighted by molar-refractivity contribution is 7.93. The summed E-state index contributed by atoms with van der Waals surface area (Å²) in [6, 6.07) is 18.3. The van der Waals surface area contributed by atoms with Crippen molar-refractivity contribution < 1.29 is 26.0 Å². The number of nitrogens with zero attached hydrogens (tertiary/aromatic N) is 1. The number of carbonyl (C=O) groups excluding carboxylic acids is 1. The average molecular weight is 505 g/mol. The van der Waals surface area contributed by atoms with Crippen molar-refractivity contribution in [3.05, 3.63) is 90.2 Å². The minimum absolute atomic E-state index is 0.144. The maximum atomic E-state index is 13.3. The predicted molar refractivity (Wildman–Crippen MR) is 128 cm³/mol. The van der Waals surface area contributed by atoms with E-state index in [1.54, 1.807) is 42.5 Å². The van der Waals surface area contributed by atoms with Gasteiger partial charge in [0.2, 0.25) is 5.91 Å². The predicted octanol–water partition coefficient (Wildman–Crippen LogP) is 3.69. The number of nitrogens with one attached hydrogen (secondary N) is 1. The van der Waals surface area contributed by atoms with Crippen LogP contribution < -0.4 is 9.62 Å². The lowest BCUT2D eigenvalue weighted by Gasteiger charge is -2.25. The van der Waals surface area contributed by atoms with E-state index < -0.39 is 44.2 Å². The molecule has 34 heavy (non-hydrogen) atoms. The van der Waals surface area contributed by atoms with Crippen LogP contribution in [-0.4, -0.2) is 35.5 Å². The molecule has 1 atom stereocenters. The van der Waals surface area contributed by atoms with Gasteiger partial charge >= 0.3 is 0 Å². The third-order valence-electron chi connectivity index (χ3n) is 5.19. The normalized spacial score (nSPS) is 12.7. The molecule has 0 radical (unpaired) electrons. The molecule has 0 aromatic heterocycles. The maximum absolute atomic E-state index is 13.3. The zero-order valence-corrected chi connectivity index (χ0v) is 20.3. The Bertz CT molecular complexity index is 1340. The van der Waals surface area contributed by atoms with Gasteiger partial charge in [-0.05, 0) is 60.5 Å². The molecular weight excluding hydrogens is 479 g/mol. The zero-order chi connectivity index (χ0) is 24.9. The Balaban J connectivity index is 1.86. The lowest BCUT2D eigenvalue weighted by atomic mass is 10.0. The first kappa shape index (κ1) is 25.4. The molecule has 0 aliphatic rings. The molecule has 0 bridgehead atoms. The van der Waals surface area contributed by atoms with E-state index in [2.05, 4.69) is 5.32 Å². The number of hydrogen-bond donors (Lipinski definition) is 1. The van der Waals surface area contributed by atoms with Crippen LogP contribution in [0.5, 0.6) is 0 Å². The van der Waals surface area contributed by atoms with Crippen LogP contribution in [0.3, 0.4) is 0 Å². The molecule has 0 fully saturated rings. The fourth-order valence-corrected chi connectivity index (χ4v) is 5.43. The maximum Gasteiger partial charge on any atom is 0.264 e. The van der Waals surface area contributed by atoms with Gasteiger partial charge in [-0.15, -0.1) is 0 Å². The van der Waals surface area contributed by atoms with Crippen molar-refractivity contribution in [1.29, 1.82) is 0 Å². The van der Waals surface area contributed by atoms with Crippen LogP contribution in [0.15, 0.2) is 88.7 Å². The fraction of sp³-hybridized carbons (Fsp3) is 0.208. The molecule has 1 unspecified atom stereocenters. The Kier molecular flexibility index (Phi) is 7.73. The molecular formula is C24H25FN2O5S2. The molecule has 0 saturated heterocycles. The number of rotatable bonds is 9. The largest absolute Gasteiger partial charge is 0.348 e. The van der Waals surface area contributed by atoms with Crippen LogP contribution in [0.2, 0.25) is 0 Å². The molecule has 180 valence electrons. The minimum atomic E-state index is -4.16. The van der Waals surface area contributed by atoms with E-state index >= 15 is 0 Å². The van der Waals surface area contributed by atoms with E-state index in [1.165, 1.54) is 12.1 Å². The summed E-state index contributed by atoms with van der Waals surface area (Å²) in [5, 5.41) is 2.82. The SMILES string of the molecule is CCC(NC(=O)CN(c1ccccc1)S(=O)(=O)c1ccc(F)cc1)c1ccc(S(C)(=O)=O)cc1. The molecule has 0 aliphatic carbocycles. The molecule has 10 heteroatoms. The number of para-hydroxylation sites is 1. The topological polar surface area (TPSA) is 101 Å². The second-order valence-corrected chi connectivity index (χ2v) is 11.5. The fourth-order valence-electron chi connectivity index (χ4n) is 3.38. The van der Waals surface area contributed by atoms with Gasteiger partial charge in [0.05, 0.1) is 21.5 Å². The van der Waals surface area contributed by atoms with Gasteiger partial charge in [0.25, 0.3) is 10.0 Å². The molecule has 0 aliphatic heterocycles. The summed E-state index contributed by atoms with van der Waals surface area (Å²) in [6.45, 7) is 1.35. The van der Waals surface area contributed by atoms with Crippen molar-refractivity contribution in [2.75, 3.05) is 17.1 Å². The third kappa shape index (κ3) is 6.00. The number of amides is 1. The lowest BCUT2D eigenvalue weighted by Crippen LogP contribution is -2.42. The molecule has 3 aromatic carbocycles. The van der Waals surface area contributed by atoms with Crippen molar-refractivity contribution in [1.82, 2.24) is 5.32 Å². The quantitative estimate of drug-likeness (QED) is 0.479. The highest BCUT2D eigenvalue weighted by Crippen LogP contribution is 2.24. The Hall–Kier alpha value is -3.24. The summed E-state index contributed by atoms with van der Waals surface area (Å²) < 4.78 is 64.3. The molecule has 1 N–H and O–H groups in total. The Morgan fingerprint density at radius 2 is 1.44 bits per heavy atom. The van der Waals surface area contributed by atoms with Crippen LogP contribution in [-0.2, 0) is 24.7 Å². The lowest BCUT2D eigenvalue weighted by molar-refractivity contribution is -0.120. The van der Waals surface area contributed by atoms with Crippen LogP contribution in [0.4, 0.5) is 10.1 Å². The van der Waals surface area contributed by atoms with E-state index in [-0.39, 0.29) is 15.5 Å². The van der Waals surface area contributed by atoms with Gasteiger partial charge in [-0.25, -0.2) is 21.2 Å². The second kappa shape index (κ2) is 10.4. The van der Waals surface area contributed by atoms with Crippen LogP contribution in [0.1, 0.15) is 24.9 Å². The first-order valence-corrected chi connectivity index (χ1v) is 13.8. The van der Waals surface area contributed by atoms with Gasteiger partial charge in [0.15, 0.2) is 9.84 Å². The van der Waals surface area contributed by atoms with Crippen molar-refractivity contribution in [2.45, 2.75) is 29.2 Å².